The summed E-state index contributed by atoms with van der Waals surface area (Å²) in [4.78, 5) is 25.5. The summed E-state index contributed by atoms with van der Waals surface area (Å²) in [7, 11) is 0. The van der Waals surface area contributed by atoms with Gasteiger partial charge in [-0.2, -0.15) is 0 Å². The summed E-state index contributed by atoms with van der Waals surface area (Å²) in [5.74, 6) is 0.793. The SMILES string of the molecule is CC1CCCCN1C(=O)COc1ccc2c(c1)CCC(=O)N2. The standard InChI is InChI=1S/C17H22N2O3/c1-12-4-2-3-9-19(12)17(21)11-22-14-6-7-15-13(10-14)5-8-16(20)18-15/h6-7,10,12H,2-5,8-9,11H2,1H3,(H,18,20). The molecule has 1 fully saturated rings. The normalized spacial score (nSPS) is 21.0. The first-order chi connectivity index (χ1) is 10.6. The highest BCUT2D eigenvalue weighted by Crippen LogP contribution is 2.27. The van der Waals surface area contributed by atoms with Gasteiger partial charge < -0.3 is 15.0 Å². The lowest BCUT2D eigenvalue weighted by atomic mass is 10.0. The van der Waals surface area contributed by atoms with Crippen LogP contribution in [0.25, 0.3) is 0 Å². The Labute approximate surface area is 130 Å². The van der Waals surface area contributed by atoms with Gasteiger partial charge in [-0.1, -0.05) is 0 Å². The van der Waals surface area contributed by atoms with E-state index in [4.69, 9.17) is 4.74 Å². The Morgan fingerprint density at radius 1 is 1.36 bits per heavy atom. The maximum atomic E-state index is 12.3. The van der Waals surface area contributed by atoms with Gasteiger partial charge in [-0.15, -0.1) is 0 Å². The highest BCUT2D eigenvalue weighted by atomic mass is 16.5. The van der Waals surface area contributed by atoms with E-state index in [0.717, 1.165) is 37.1 Å². The predicted molar refractivity (Wildman–Crippen MR) is 83.9 cm³/mol. The first kappa shape index (κ1) is 14.9. The fourth-order valence-corrected chi connectivity index (χ4v) is 3.15. The fourth-order valence-electron chi connectivity index (χ4n) is 3.15. The molecule has 0 aromatic heterocycles. The maximum Gasteiger partial charge on any atom is 0.260 e. The summed E-state index contributed by atoms with van der Waals surface area (Å²) in [6, 6.07) is 5.87. The molecule has 1 saturated heterocycles. The van der Waals surface area contributed by atoms with Crippen LogP contribution in [0, 0.1) is 0 Å². The zero-order valence-corrected chi connectivity index (χ0v) is 12.9. The molecule has 0 bridgehead atoms. The highest BCUT2D eigenvalue weighted by molar-refractivity contribution is 5.94. The lowest BCUT2D eigenvalue weighted by molar-refractivity contribution is -0.136. The van der Waals surface area contributed by atoms with Crippen molar-refractivity contribution in [3.8, 4) is 5.75 Å². The quantitative estimate of drug-likeness (QED) is 0.932. The van der Waals surface area contributed by atoms with Crippen LogP contribution in [0.2, 0.25) is 0 Å². The molecule has 1 aromatic carbocycles. The molecule has 0 aliphatic carbocycles. The number of nitrogens with zero attached hydrogens (tertiary/aromatic N) is 1. The van der Waals surface area contributed by atoms with E-state index >= 15 is 0 Å². The second-order valence-electron chi connectivity index (χ2n) is 6.09. The molecule has 3 rings (SSSR count). The molecule has 0 radical (unpaired) electrons. The van der Waals surface area contributed by atoms with Gasteiger partial charge >= 0.3 is 0 Å². The van der Waals surface area contributed by atoms with E-state index in [2.05, 4.69) is 12.2 Å². The van der Waals surface area contributed by atoms with Crippen LogP contribution in [0.5, 0.6) is 5.75 Å². The Morgan fingerprint density at radius 3 is 3.05 bits per heavy atom. The van der Waals surface area contributed by atoms with E-state index in [1.807, 2.05) is 17.0 Å². The molecule has 5 heteroatoms. The number of nitrogens with one attached hydrogen (secondary N) is 1. The Balaban J connectivity index is 1.59. The van der Waals surface area contributed by atoms with Crippen molar-refractivity contribution >= 4 is 17.5 Å². The lowest BCUT2D eigenvalue weighted by Crippen LogP contribution is -2.44. The molecule has 1 atom stereocenters. The molecule has 2 aliphatic rings. The molecule has 2 aliphatic heterocycles. The number of carbonyl (C=O) groups excluding carboxylic acids is 2. The Kier molecular flexibility index (Phi) is 4.32. The van der Waals surface area contributed by atoms with Gasteiger partial charge in [0.1, 0.15) is 5.75 Å². The van der Waals surface area contributed by atoms with Gasteiger partial charge in [-0.25, -0.2) is 0 Å². The molecule has 118 valence electrons. The third-order valence-corrected chi connectivity index (χ3v) is 4.46. The number of carbonyl (C=O) groups is 2. The number of piperidine rings is 1. The summed E-state index contributed by atoms with van der Waals surface area (Å²) in [5.41, 5.74) is 1.91. The monoisotopic (exact) mass is 302 g/mol. The predicted octanol–water partition coefficient (Wildman–Crippen LogP) is 2.35. The first-order valence-electron chi connectivity index (χ1n) is 7.98. The number of hydrogen-bond donors (Lipinski definition) is 1. The van der Waals surface area contributed by atoms with Gasteiger partial charge in [0, 0.05) is 24.7 Å². The van der Waals surface area contributed by atoms with Crippen LogP contribution >= 0.6 is 0 Å². The molecule has 1 unspecified atom stereocenters. The van der Waals surface area contributed by atoms with E-state index < -0.39 is 0 Å². The largest absolute Gasteiger partial charge is 0.484 e. The topological polar surface area (TPSA) is 58.6 Å². The van der Waals surface area contributed by atoms with E-state index in [-0.39, 0.29) is 18.4 Å². The van der Waals surface area contributed by atoms with Crippen molar-refractivity contribution in [1.82, 2.24) is 4.90 Å². The summed E-state index contributed by atoms with van der Waals surface area (Å²) in [6.45, 7) is 3.01. The van der Waals surface area contributed by atoms with Gasteiger partial charge in [0.2, 0.25) is 5.91 Å². The lowest BCUT2D eigenvalue weighted by Gasteiger charge is -2.33. The van der Waals surface area contributed by atoms with Crippen molar-refractivity contribution in [3.63, 3.8) is 0 Å². The molecular formula is C17H22N2O3. The maximum absolute atomic E-state index is 12.3. The van der Waals surface area contributed by atoms with Crippen LogP contribution in [-0.2, 0) is 16.0 Å². The highest BCUT2D eigenvalue weighted by Gasteiger charge is 2.23. The smallest absolute Gasteiger partial charge is 0.260 e. The van der Waals surface area contributed by atoms with Crippen molar-refractivity contribution in [1.29, 1.82) is 0 Å². The molecule has 5 nitrogen and oxygen atoms in total. The van der Waals surface area contributed by atoms with Crippen molar-refractivity contribution < 1.29 is 14.3 Å². The molecular weight excluding hydrogens is 280 g/mol. The van der Waals surface area contributed by atoms with Crippen molar-refractivity contribution in [2.75, 3.05) is 18.5 Å². The number of amides is 2. The minimum Gasteiger partial charge on any atom is -0.484 e. The third-order valence-electron chi connectivity index (χ3n) is 4.46. The van der Waals surface area contributed by atoms with E-state index in [1.54, 1.807) is 6.07 Å². The van der Waals surface area contributed by atoms with Crippen molar-refractivity contribution in [2.24, 2.45) is 0 Å². The van der Waals surface area contributed by atoms with Crippen LogP contribution < -0.4 is 10.1 Å². The summed E-state index contributed by atoms with van der Waals surface area (Å²) >= 11 is 0. The van der Waals surface area contributed by atoms with Gasteiger partial charge in [-0.3, -0.25) is 9.59 Å². The van der Waals surface area contributed by atoms with Gasteiger partial charge in [0.05, 0.1) is 0 Å². The zero-order valence-electron chi connectivity index (χ0n) is 12.9. The molecule has 1 N–H and O–H groups in total. The van der Waals surface area contributed by atoms with E-state index in [9.17, 15) is 9.59 Å². The number of fused-ring (bicyclic) bond motifs is 1. The number of rotatable bonds is 3. The van der Waals surface area contributed by atoms with Crippen LogP contribution in [0.15, 0.2) is 18.2 Å². The van der Waals surface area contributed by atoms with E-state index in [1.165, 1.54) is 6.42 Å². The number of hydrogen-bond acceptors (Lipinski definition) is 3. The third kappa shape index (κ3) is 3.24. The molecule has 0 spiro atoms. The number of likely N-dealkylation sites (tertiary alicyclic amines) is 1. The molecule has 22 heavy (non-hydrogen) atoms. The first-order valence-corrected chi connectivity index (χ1v) is 7.98. The Hall–Kier alpha value is -2.04. The fraction of sp³-hybridized carbons (Fsp3) is 0.529. The number of anilines is 1. The number of benzene rings is 1. The molecule has 0 saturated carbocycles. The second-order valence-corrected chi connectivity index (χ2v) is 6.09. The zero-order chi connectivity index (χ0) is 15.5. The molecule has 1 aromatic rings. The summed E-state index contributed by atoms with van der Waals surface area (Å²) in [6.07, 6.45) is 4.57. The summed E-state index contributed by atoms with van der Waals surface area (Å²) < 4.78 is 5.66. The molecule has 2 amide bonds. The van der Waals surface area contributed by atoms with Crippen molar-refractivity contribution in [2.45, 2.75) is 45.1 Å². The molecule has 2 heterocycles. The van der Waals surface area contributed by atoms with Crippen LogP contribution in [-0.4, -0.2) is 35.9 Å². The summed E-state index contributed by atoms with van der Waals surface area (Å²) in [5, 5.41) is 2.84. The van der Waals surface area contributed by atoms with Crippen molar-refractivity contribution in [3.05, 3.63) is 23.8 Å². The Bertz CT molecular complexity index is 585. The van der Waals surface area contributed by atoms with Crippen LogP contribution in [0.4, 0.5) is 5.69 Å². The number of aryl methyl sites for hydroxylation is 1. The minimum atomic E-state index is 0.0513. The van der Waals surface area contributed by atoms with E-state index in [0.29, 0.717) is 18.2 Å². The number of ether oxygens (including phenoxy) is 1. The minimum absolute atomic E-state index is 0.0513. The van der Waals surface area contributed by atoms with Gasteiger partial charge in [0.15, 0.2) is 6.61 Å². The second kappa shape index (κ2) is 6.38. The van der Waals surface area contributed by atoms with Crippen LogP contribution in [0.1, 0.15) is 38.2 Å². The average molecular weight is 302 g/mol. The average Bonchev–Trinajstić information content (AvgIpc) is 2.53. The Morgan fingerprint density at radius 2 is 2.23 bits per heavy atom. The van der Waals surface area contributed by atoms with Crippen LogP contribution in [0.3, 0.4) is 0 Å². The van der Waals surface area contributed by atoms with Gasteiger partial charge in [-0.05, 0) is 56.4 Å². The van der Waals surface area contributed by atoms with Gasteiger partial charge in [0.25, 0.3) is 5.91 Å².